The lowest BCUT2D eigenvalue weighted by molar-refractivity contribution is -0.115. The Morgan fingerprint density at radius 3 is 2.54 bits per heavy atom. The summed E-state index contributed by atoms with van der Waals surface area (Å²) >= 11 is 1.34. The summed E-state index contributed by atoms with van der Waals surface area (Å²) in [7, 11) is 0. The minimum atomic E-state index is -0.150. The summed E-state index contributed by atoms with van der Waals surface area (Å²) in [6.07, 6.45) is 1.94. The van der Waals surface area contributed by atoms with Crippen LogP contribution in [0.2, 0.25) is 0 Å². The number of carbonyl (C=O) groups is 1. The van der Waals surface area contributed by atoms with E-state index in [9.17, 15) is 4.79 Å². The van der Waals surface area contributed by atoms with Crippen molar-refractivity contribution in [2.75, 3.05) is 0 Å². The molecule has 0 spiro atoms. The van der Waals surface area contributed by atoms with E-state index in [1.165, 1.54) is 11.8 Å². The number of ether oxygens (including phenoxy) is 1. The first-order valence-corrected chi connectivity index (χ1v) is 9.95. The van der Waals surface area contributed by atoms with E-state index in [1.807, 2.05) is 80.6 Å². The number of fused-ring (bicyclic) bond motifs is 1. The number of hydrogen-bond acceptors (Lipinski definition) is 4. The number of amides is 1. The molecule has 1 saturated heterocycles. The van der Waals surface area contributed by atoms with Crippen LogP contribution in [0.15, 0.2) is 76.6 Å². The van der Waals surface area contributed by atoms with Gasteiger partial charge in [-0.3, -0.25) is 4.79 Å². The van der Waals surface area contributed by atoms with Crippen molar-refractivity contribution in [3.63, 3.8) is 0 Å². The van der Waals surface area contributed by atoms with Gasteiger partial charge in [-0.25, -0.2) is 4.99 Å². The van der Waals surface area contributed by atoms with E-state index in [0.29, 0.717) is 10.1 Å². The van der Waals surface area contributed by atoms with Gasteiger partial charge in [0.15, 0.2) is 5.17 Å². The zero-order valence-electron chi connectivity index (χ0n) is 15.7. The Balaban J connectivity index is 1.75. The van der Waals surface area contributed by atoms with Gasteiger partial charge in [-0.1, -0.05) is 48.5 Å². The van der Waals surface area contributed by atoms with Gasteiger partial charge in [0.25, 0.3) is 5.91 Å². The van der Waals surface area contributed by atoms with Crippen molar-refractivity contribution in [3.8, 4) is 5.75 Å². The second kappa shape index (κ2) is 7.90. The van der Waals surface area contributed by atoms with Crippen LogP contribution in [0.3, 0.4) is 0 Å². The predicted molar refractivity (Wildman–Crippen MR) is 117 cm³/mol. The van der Waals surface area contributed by atoms with E-state index in [-0.39, 0.29) is 12.0 Å². The first-order valence-electron chi connectivity index (χ1n) is 9.13. The quantitative estimate of drug-likeness (QED) is 0.599. The summed E-state index contributed by atoms with van der Waals surface area (Å²) in [5.41, 5.74) is 1.71. The highest BCUT2D eigenvalue weighted by atomic mass is 32.2. The van der Waals surface area contributed by atoms with Crippen LogP contribution in [0.25, 0.3) is 16.8 Å². The lowest BCUT2D eigenvalue weighted by atomic mass is 10.0. The van der Waals surface area contributed by atoms with Crippen LogP contribution in [-0.4, -0.2) is 17.2 Å². The fourth-order valence-corrected chi connectivity index (χ4v) is 3.84. The molecular formula is C23H20N2O2S. The van der Waals surface area contributed by atoms with Crippen molar-refractivity contribution < 1.29 is 9.53 Å². The molecule has 1 aliphatic heterocycles. The Kier molecular flexibility index (Phi) is 5.17. The Morgan fingerprint density at radius 1 is 1.00 bits per heavy atom. The monoisotopic (exact) mass is 388 g/mol. The molecule has 1 fully saturated rings. The summed E-state index contributed by atoms with van der Waals surface area (Å²) in [4.78, 5) is 17.6. The van der Waals surface area contributed by atoms with Gasteiger partial charge < -0.3 is 10.1 Å². The van der Waals surface area contributed by atoms with Gasteiger partial charge >= 0.3 is 0 Å². The minimum Gasteiger partial charge on any atom is -0.490 e. The van der Waals surface area contributed by atoms with Crippen LogP contribution >= 0.6 is 11.8 Å². The number of thioether (sulfide) groups is 1. The number of carbonyl (C=O) groups excluding carboxylic acids is 1. The van der Waals surface area contributed by atoms with Crippen molar-refractivity contribution in [2.45, 2.75) is 20.0 Å². The van der Waals surface area contributed by atoms with Crippen molar-refractivity contribution in [1.82, 2.24) is 5.32 Å². The third-order valence-corrected chi connectivity index (χ3v) is 5.12. The van der Waals surface area contributed by atoms with E-state index in [1.54, 1.807) is 0 Å². The number of para-hydroxylation sites is 1. The number of benzene rings is 3. The second-order valence-corrected chi connectivity index (χ2v) is 7.71. The van der Waals surface area contributed by atoms with E-state index in [0.717, 1.165) is 27.8 Å². The molecule has 0 aromatic heterocycles. The van der Waals surface area contributed by atoms with Crippen molar-refractivity contribution in [2.24, 2.45) is 4.99 Å². The zero-order valence-corrected chi connectivity index (χ0v) is 16.5. The Morgan fingerprint density at radius 2 is 1.75 bits per heavy atom. The van der Waals surface area contributed by atoms with Gasteiger partial charge in [-0.15, -0.1) is 0 Å². The molecular weight excluding hydrogens is 368 g/mol. The smallest absolute Gasteiger partial charge is 0.264 e. The van der Waals surface area contributed by atoms with E-state index >= 15 is 0 Å². The van der Waals surface area contributed by atoms with Crippen molar-refractivity contribution >= 4 is 45.4 Å². The molecule has 0 atom stereocenters. The molecule has 0 bridgehead atoms. The van der Waals surface area contributed by atoms with Gasteiger partial charge in [0.2, 0.25) is 0 Å². The fraction of sp³-hybridized carbons (Fsp3) is 0.130. The fourth-order valence-electron chi connectivity index (χ4n) is 3.01. The molecule has 1 aliphatic rings. The largest absolute Gasteiger partial charge is 0.490 e. The summed E-state index contributed by atoms with van der Waals surface area (Å²) in [5.74, 6) is 0.617. The number of aliphatic imine (C=N–C) groups is 1. The number of nitrogens with zero attached hydrogens (tertiary/aromatic N) is 1. The van der Waals surface area contributed by atoms with E-state index in [4.69, 9.17) is 4.74 Å². The molecule has 3 aromatic rings. The predicted octanol–water partition coefficient (Wildman–Crippen LogP) is 5.52. The van der Waals surface area contributed by atoms with Gasteiger partial charge in [-0.05, 0) is 60.7 Å². The molecule has 1 N–H and O–H groups in total. The van der Waals surface area contributed by atoms with Crippen LogP contribution in [0, 0.1) is 0 Å². The summed E-state index contributed by atoms with van der Waals surface area (Å²) in [5, 5.41) is 5.58. The summed E-state index contributed by atoms with van der Waals surface area (Å²) < 4.78 is 6.01. The molecule has 1 heterocycles. The molecule has 0 radical (unpaired) electrons. The molecule has 4 rings (SSSR count). The van der Waals surface area contributed by atoms with E-state index in [2.05, 4.69) is 16.4 Å². The minimum absolute atomic E-state index is 0.0403. The second-order valence-electron chi connectivity index (χ2n) is 6.68. The highest BCUT2D eigenvalue weighted by Crippen LogP contribution is 2.35. The molecule has 5 heteroatoms. The van der Waals surface area contributed by atoms with Crippen LogP contribution in [0.1, 0.15) is 19.4 Å². The molecule has 1 amide bonds. The van der Waals surface area contributed by atoms with Crippen LogP contribution < -0.4 is 10.1 Å². The van der Waals surface area contributed by atoms with Gasteiger partial charge in [0.05, 0.1) is 16.7 Å². The average molecular weight is 388 g/mol. The SMILES string of the molecule is CC(C)Oc1ccc2ccccc2c1/C=C1\SC(=Nc2ccccc2)NC1=O. The molecule has 0 unspecified atom stereocenters. The molecule has 0 saturated carbocycles. The first-order chi connectivity index (χ1) is 13.6. The van der Waals surface area contributed by atoms with E-state index < -0.39 is 0 Å². The number of hydrogen-bond donors (Lipinski definition) is 1. The maximum absolute atomic E-state index is 12.5. The molecule has 28 heavy (non-hydrogen) atoms. The topological polar surface area (TPSA) is 50.7 Å². The van der Waals surface area contributed by atoms with Crippen molar-refractivity contribution in [3.05, 3.63) is 77.2 Å². The third-order valence-electron chi connectivity index (χ3n) is 4.21. The molecule has 3 aromatic carbocycles. The Bertz CT molecular complexity index is 1090. The number of amidine groups is 1. The standard InChI is InChI=1S/C23H20N2O2S/c1-15(2)27-20-13-12-16-8-6-7-11-18(16)19(20)14-21-22(26)25-23(28-21)24-17-9-4-3-5-10-17/h3-15H,1-2H3,(H,24,25,26)/b21-14-. The Labute approximate surface area is 168 Å². The zero-order chi connectivity index (χ0) is 19.5. The number of nitrogens with one attached hydrogen (secondary N) is 1. The van der Waals surface area contributed by atoms with Crippen molar-refractivity contribution in [1.29, 1.82) is 0 Å². The lowest BCUT2D eigenvalue weighted by Crippen LogP contribution is -2.19. The van der Waals surface area contributed by atoms with Crippen LogP contribution in [0.4, 0.5) is 5.69 Å². The normalized spacial score (nSPS) is 16.9. The highest BCUT2D eigenvalue weighted by Gasteiger charge is 2.24. The maximum atomic E-state index is 12.5. The summed E-state index contributed by atoms with van der Waals surface area (Å²) in [6, 6.07) is 21.7. The van der Waals surface area contributed by atoms with Crippen LogP contribution in [-0.2, 0) is 4.79 Å². The average Bonchev–Trinajstić information content (AvgIpc) is 3.03. The highest BCUT2D eigenvalue weighted by molar-refractivity contribution is 8.18. The molecule has 0 aliphatic carbocycles. The van der Waals surface area contributed by atoms with Gasteiger partial charge in [0.1, 0.15) is 5.75 Å². The summed E-state index contributed by atoms with van der Waals surface area (Å²) in [6.45, 7) is 3.99. The molecule has 4 nitrogen and oxygen atoms in total. The maximum Gasteiger partial charge on any atom is 0.264 e. The first kappa shape index (κ1) is 18.3. The number of rotatable bonds is 4. The Hall–Kier alpha value is -3.05. The third kappa shape index (κ3) is 3.94. The van der Waals surface area contributed by atoms with Crippen LogP contribution in [0.5, 0.6) is 5.75 Å². The van der Waals surface area contributed by atoms with Gasteiger partial charge in [-0.2, -0.15) is 0 Å². The molecule has 140 valence electrons. The van der Waals surface area contributed by atoms with Gasteiger partial charge in [0, 0.05) is 5.56 Å². The lowest BCUT2D eigenvalue weighted by Gasteiger charge is -2.14.